The molecule has 4 aromatic rings. The molecule has 0 amide bonds. The molecular formula is C27H23ClF3N3. The summed E-state index contributed by atoms with van der Waals surface area (Å²) in [6.45, 7) is 0.675. The van der Waals surface area contributed by atoms with Crippen molar-refractivity contribution in [3.8, 4) is 5.69 Å². The maximum atomic E-state index is 14.0. The molecule has 0 bridgehead atoms. The molecule has 2 heterocycles. The second-order valence-corrected chi connectivity index (χ2v) is 8.86. The number of halogens is 4. The predicted molar refractivity (Wildman–Crippen MR) is 129 cm³/mol. The van der Waals surface area contributed by atoms with Gasteiger partial charge in [-0.25, -0.2) is 4.68 Å². The molecule has 5 rings (SSSR count). The fraction of sp³-hybridized carbons (Fsp3) is 0.222. The van der Waals surface area contributed by atoms with Gasteiger partial charge in [0.05, 0.1) is 22.9 Å². The van der Waals surface area contributed by atoms with E-state index in [1.807, 2.05) is 60.7 Å². The van der Waals surface area contributed by atoms with E-state index >= 15 is 0 Å². The summed E-state index contributed by atoms with van der Waals surface area (Å²) in [7, 11) is 0. The van der Waals surface area contributed by atoms with Gasteiger partial charge >= 0.3 is 6.18 Å². The van der Waals surface area contributed by atoms with E-state index in [2.05, 4.69) is 5.32 Å². The normalized spacial score (nSPS) is 13.9. The second-order valence-electron chi connectivity index (χ2n) is 8.42. The first-order chi connectivity index (χ1) is 16.4. The van der Waals surface area contributed by atoms with Crippen LogP contribution in [0.4, 0.5) is 19.0 Å². The van der Waals surface area contributed by atoms with Crippen molar-refractivity contribution in [3.63, 3.8) is 0 Å². The topological polar surface area (TPSA) is 29.9 Å². The number of fused-ring (bicyclic) bond motifs is 1. The highest BCUT2D eigenvalue weighted by molar-refractivity contribution is 6.30. The van der Waals surface area contributed by atoms with E-state index in [-0.39, 0.29) is 16.6 Å². The number of hydrogen-bond acceptors (Lipinski definition) is 2. The maximum absolute atomic E-state index is 14.0. The van der Waals surface area contributed by atoms with E-state index in [9.17, 15) is 13.2 Å². The first-order valence-electron chi connectivity index (χ1n) is 11.3. The van der Waals surface area contributed by atoms with Crippen LogP contribution in [-0.2, 0) is 12.6 Å². The summed E-state index contributed by atoms with van der Waals surface area (Å²) in [5.41, 5.74) is 2.96. The highest BCUT2D eigenvalue weighted by atomic mass is 35.5. The molecule has 174 valence electrons. The number of hydrogen-bond donors (Lipinski definition) is 1. The molecule has 0 fully saturated rings. The number of nitrogens with zero attached hydrogens (tertiary/aromatic N) is 2. The molecule has 1 aliphatic rings. The minimum Gasteiger partial charge on any atom is -0.370 e. The summed E-state index contributed by atoms with van der Waals surface area (Å²) in [4.78, 5) is 0. The minimum absolute atomic E-state index is 0.0336. The standard InChI is InChI=1S/C27H23ClF3N3/c28-20-14-15-23(22(17-20)27(29,30)31)34-26-21(13-7-8-16-32-26)25(33-34)24(18-9-3-1-4-10-18)19-11-5-2-6-12-19/h1-6,9-12,14-15,17,24,32H,7-8,13,16H2. The molecule has 0 spiro atoms. The third-order valence-electron chi connectivity index (χ3n) is 6.19. The Morgan fingerprint density at radius 1 is 0.882 bits per heavy atom. The van der Waals surface area contributed by atoms with Gasteiger partial charge in [0.1, 0.15) is 5.82 Å². The molecular weight excluding hydrogens is 459 g/mol. The van der Waals surface area contributed by atoms with Gasteiger partial charge < -0.3 is 5.32 Å². The molecule has 3 aromatic carbocycles. The molecule has 0 unspecified atom stereocenters. The SMILES string of the molecule is FC(F)(F)c1cc(Cl)ccc1-n1nc(C(c2ccccc2)c2ccccc2)c2c1NCCCC2. The molecule has 1 aromatic heterocycles. The third-order valence-corrected chi connectivity index (χ3v) is 6.43. The summed E-state index contributed by atoms with van der Waals surface area (Å²) in [5.74, 6) is 0.413. The Morgan fingerprint density at radius 3 is 2.15 bits per heavy atom. The fourth-order valence-corrected chi connectivity index (χ4v) is 4.83. The molecule has 0 saturated carbocycles. The van der Waals surface area contributed by atoms with E-state index in [4.69, 9.17) is 16.7 Å². The second kappa shape index (κ2) is 9.18. The average Bonchev–Trinajstić information content (AvgIpc) is 3.01. The van der Waals surface area contributed by atoms with Crippen LogP contribution >= 0.6 is 11.6 Å². The van der Waals surface area contributed by atoms with E-state index in [0.29, 0.717) is 12.4 Å². The van der Waals surface area contributed by atoms with Gasteiger partial charge in [-0.1, -0.05) is 72.3 Å². The quantitative estimate of drug-likeness (QED) is 0.327. The van der Waals surface area contributed by atoms with Gasteiger partial charge in [-0.15, -0.1) is 0 Å². The van der Waals surface area contributed by atoms with Crippen LogP contribution in [-0.4, -0.2) is 16.3 Å². The largest absolute Gasteiger partial charge is 0.418 e. The molecule has 7 heteroatoms. The molecule has 34 heavy (non-hydrogen) atoms. The lowest BCUT2D eigenvalue weighted by Gasteiger charge is -2.18. The van der Waals surface area contributed by atoms with Crippen molar-refractivity contribution in [3.05, 3.63) is 112 Å². The molecule has 0 aliphatic carbocycles. The van der Waals surface area contributed by atoms with Crippen LogP contribution in [0.1, 0.15) is 46.7 Å². The third kappa shape index (κ3) is 4.30. The van der Waals surface area contributed by atoms with Crippen molar-refractivity contribution in [1.29, 1.82) is 0 Å². The van der Waals surface area contributed by atoms with Gasteiger partial charge in [0.25, 0.3) is 0 Å². The van der Waals surface area contributed by atoms with Crippen molar-refractivity contribution >= 4 is 17.4 Å². The van der Waals surface area contributed by atoms with Gasteiger partial charge in [0, 0.05) is 17.1 Å². The Labute approximate surface area is 201 Å². The summed E-state index contributed by atoms with van der Waals surface area (Å²) >= 11 is 5.95. The maximum Gasteiger partial charge on any atom is 0.418 e. The van der Waals surface area contributed by atoms with E-state index in [1.54, 1.807) is 0 Å². The molecule has 0 atom stereocenters. The number of benzene rings is 3. The summed E-state index contributed by atoms with van der Waals surface area (Å²) < 4.78 is 43.4. The summed E-state index contributed by atoms with van der Waals surface area (Å²) in [6.07, 6.45) is -1.96. The van der Waals surface area contributed by atoms with Crippen LogP contribution < -0.4 is 5.32 Å². The highest BCUT2D eigenvalue weighted by Crippen LogP contribution is 2.41. The lowest BCUT2D eigenvalue weighted by molar-refractivity contribution is -0.137. The molecule has 0 radical (unpaired) electrons. The van der Waals surface area contributed by atoms with E-state index in [0.717, 1.165) is 47.7 Å². The molecule has 1 aliphatic heterocycles. The average molecular weight is 482 g/mol. The van der Waals surface area contributed by atoms with Gasteiger partial charge in [-0.3, -0.25) is 0 Å². The van der Waals surface area contributed by atoms with Crippen molar-refractivity contribution in [2.75, 3.05) is 11.9 Å². The zero-order valence-corrected chi connectivity index (χ0v) is 19.1. The van der Waals surface area contributed by atoms with E-state index < -0.39 is 11.7 Å². The van der Waals surface area contributed by atoms with Crippen molar-refractivity contribution in [1.82, 2.24) is 9.78 Å². The molecule has 3 nitrogen and oxygen atoms in total. The minimum atomic E-state index is -4.57. The summed E-state index contributed by atoms with van der Waals surface area (Å²) in [5, 5.41) is 8.27. The fourth-order valence-electron chi connectivity index (χ4n) is 4.65. The van der Waals surface area contributed by atoms with Gasteiger partial charge in [0.2, 0.25) is 0 Å². The predicted octanol–water partition coefficient (Wildman–Crippen LogP) is 7.47. The van der Waals surface area contributed by atoms with Crippen LogP contribution in [0.25, 0.3) is 5.69 Å². The Morgan fingerprint density at radius 2 is 1.53 bits per heavy atom. The van der Waals surface area contributed by atoms with Crippen molar-refractivity contribution in [2.45, 2.75) is 31.4 Å². The number of aromatic nitrogens is 2. The van der Waals surface area contributed by atoms with Crippen LogP contribution in [0.15, 0.2) is 78.9 Å². The zero-order valence-electron chi connectivity index (χ0n) is 18.3. The van der Waals surface area contributed by atoms with Gasteiger partial charge in [-0.2, -0.15) is 18.3 Å². The number of nitrogens with one attached hydrogen (secondary N) is 1. The number of anilines is 1. The van der Waals surface area contributed by atoms with Crippen LogP contribution in [0.5, 0.6) is 0 Å². The Kier molecular flexibility index (Phi) is 6.09. The Balaban J connectivity index is 1.77. The molecule has 0 saturated heterocycles. The van der Waals surface area contributed by atoms with Crippen LogP contribution in [0, 0.1) is 0 Å². The number of alkyl halides is 3. The number of rotatable bonds is 4. The van der Waals surface area contributed by atoms with Crippen molar-refractivity contribution in [2.24, 2.45) is 0 Å². The lowest BCUT2D eigenvalue weighted by atomic mass is 9.86. The van der Waals surface area contributed by atoms with Crippen LogP contribution in [0.2, 0.25) is 5.02 Å². The first-order valence-corrected chi connectivity index (χ1v) is 11.6. The van der Waals surface area contributed by atoms with Crippen molar-refractivity contribution < 1.29 is 13.2 Å². The van der Waals surface area contributed by atoms with E-state index in [1.165, 1.54) is 16.8 Å². The summed E-state index contributed by atoms with van der Waals surface area (Å²) in [6, 6.07) is 23.8. The Bertz CT molecular complexity index is 1240. The zero-order chi connectivity index (χ0) is 23.7. The first kappa shape index (κ1) is 22.5. The highest BCUT2D eigenvalue weighted by Gasteiger charge is 2.36. The monoisotopic (exact) mass is 481 g/mol. The lowest BCUT2D eigenvalue weighted by Crippen LogP contribution is -2.14. The Hall–Kier alpha value is -3.25. The van der Waals surface area contributed by atoms with Crippen LogP contribution in [0.3, 0.4) is 0 Å². The smallest absolute Gasteiger partial charge is 0.370 e. The molecule has 1 N–H and O–H groups in total. The van der Waals surface area contributed by atoms with Gasteiger partial charge in [-0.05, 0) is 48.6 Å². The van der Waals surface area contributed by atoms with Gasteiger partial charge in [0.15, 0.2) is 0 Å².